The van der Waals surface area contributed by atoms with Gasteiger partial charge in [0.2, 0.25) is 0 Å². The van der Waals surface area contributed by atoms with Crippen LogP contribution in [0.3, 0.4) is 0 Å². The number of hydrogen-bond donors (Lipinski definition) is 0. The Morgan fingerprint density at radius 1 is 0.190 bits per heavy atom. The van der Waals surface area contributed by atoms with Crippen LogP contribution < -0.4 is 53.9 Å². The van der Waals surface area contributed by atoms with Crippen LogP contribution in [0.4, 0.5) is 0 Å². The van der Waals surface area contributed by atoms with E-state index >= 15 is 38.4 Å². The van der Waals surface area contributed by atoms with Gasteiger partial charge in [0.1, 0.15) is 11.5 Å². The van der Waals surface area contributed by atoms with E-state index in [9.17, 15) is 0 Å². The number of methoxy groups -OCH3 is 2. The summed E-state index contributed by atoms with van der Waals surface area (Å²) < 4.78 is 21.6. The first-order valence-corrected chi connectivity index (χ1v) is 44.3. The van der Waals surface area contributed by atoms with Crippen molar-refractivity contribution in [2.75, 3.05) is 14.2 Å². The molecular formula is C110H88N6O10. The van der Waals surface area contributed by atoms with Gasteiger partial charge in [0.05, 0.1) is 91.4 Å². The molecule has 0 saturated carbocycles. The van der Waals surface area contributed by atoms with Crippen LogP contribution in [0, 0.1) is 0 Å². The Hall–Kier alpha value is -14.1. The molecule has 6 heterocycles. The molecule has 0 saturated heterocycles. The maximum absolute atomic E-state index is 18.4. The molecule has 0 unspecified atom stereocenters. The van der Waals surface area contributed by atoms with Crippen molar-refractivity contribution in [3.8, 4) is 45.6 Å². The number of ether oxygens (including phenoxy) is 2. The summed E-state index contributed by atoms with van der Waals surface area (Å²) in [4.78, 5) is 142. The van der Waals surface area contributed by atoms with Crippen molar-refractivity contribution in [2.24, 2.45) is 0 Å². The van der Waals surface area contributed by atoms with Crippen LogP contribution in [0.1, 0.15) is 203 Å². The molecule has 0 aliphatic carbocycles. The average Bonchev–Trinajstić information content (AvgIpc) is 1.21. The SMILES string of the molecule is COc1ccc(-n2c3cc4c(=O)n(-c5c(C(C)C)cccc5C(C)C)c(=O)c5cc6c7c8c(=O)n(-c9c(C(C)C)cccc9C(C)C)c(=O)c9cc%10c%11c(c98)c8c9c(cc%12c(=O)n(-c%13c(C(C)C)cccc%13C(C)C)c(=O)c%13cc(c%11c9c%12%13)n%10-c9ccc(OC)cc9)c9c%10c(=O)n(-c%11c(C(C)C)cccc%11C(C)C)c(=O)c%11cc2c2c(c%11%10)c(c6c(c54)c23)c9c78)cc1. The summed E-state index contributed by atoms with van der Waals surface area (Å²) in [6.07, 6.45) is 0. The van der Waals surface area contributed by atoms with Crippen molar-refractivity contribution in [1.82, 2.24) is 27.4 Å². The number of pyridine rings is 4. The lowest BCUT2D eigenvalue weighted by Crippen LogP contribution is -2.34. The number of nitrogens with zero attached hydrogens (tertiary/aromatic N) is 6. The van der Waals surface area contributed by atoms with Gasteiger partial charge in [-0.2, -0.15) is 0 Å². The summed E-state index contributed by atoms with van der Waals surface area (Å²) >= 11 is 0. The highest BCUT2D eigenvalue weighted by atomic mass is 16.5. The molecule has 0 bridgehead atoms. The van der Waals surface area contributed by atoms with E-state index in [-0.39, 0.29) is 90.4 Å². The lowest BCUT2D eigenvalue weighted by Gasteiger charge is -2.29. The highest BCUT2D eigenvalue weighted by Crippen LogP contribution is 2.63. The average molecular weight is 1650 g/mol. The molecule has 618 valence electrons. The Labute approximate surface area is 719 Å². The summed E-state index contributed by atoms with van der Waals surface area (Å²) in [6, 6.07) is 50.8. The van der Waals surface area contributed by atoms with Crippen molar-refractivity contribution >= 4 is 184 Å². The molecule has 0 N–H and O–H groups in total. The highest BCUT2D eigenvalue weighted by Gasteiger charge is 2.42. The molecule has 0 radical (unpaired) electrons. The predicted octanol–water partition coefficient (Wildman–Crippen LogP) is 23.7. The fraction of sp³-hybridized carbons (Fsp3) is 0.236. The van der Waals surface area contributed by atoms with Gasteiger partial charge in [-0.15, -0.1) is 0 Å². The van der Waals surface area contributed by atoms with E-state index in [4.69, 9.17) is 9.47 Å². The Kier molecular flexibility index (Phi) is 15.2. The van der Waals surface area contributed by atoms with Gasteiger partial charge in [0, 0.05) is 119 Å². The normalized spacial score (nSPS) is 13.2. The Bertz CT molecular complexity index is 8790. The number of hydrogen-bond acceptors (Lipinski definition) is 10. The number of benzene rings is 18. The minimum absolute atomic E-state index is 0.167. The second-order valence-electron chi connectivity index (χ2n) is 38.2. The minimum atomic E-state index is -0.611. The second-order valence-corrected chi connectivity index (χ2v) is 38.2. The molecule has 18 aromatic carbocycles. The third kappa shape index (κ3) is 8.93. The standard InChI is InChI=1S/C110H88N6O10/c1-45(2)57-23-19-24-58(46(3)4)99(57)113-103(117)67-39-65-79-89-77(67)69(105(113)119)41-73-85(89)87-75(111(73)53-31-35-55(125-17)36-32-53)43-71-84-91(87)93(79)96-82(98(84)110(124)116(107(71)121)102-63(51(13)14)29-22-30-64(102)52(15)16)66-40-68-78-70(106(120)114(104(68)118)100-59(47(5)6)25-20-26-60(100)48(7)8)42-74-86-88-76(112(74)54-33-37-56(126-18)38-34-54)44-72-83-92(88)94(80(66)90(78)86)95(96)81(65)97(83)109(123)115(108(72)122)101-61(49(9)10)27-21-28-62(101)50(11)12/h19-52H,1-18H3. The molecule has 0 fully saturated rings. The van der Waals surface area contributed by atoms with E-state index in [0.29, 0.717) is 186 Å². The summed E-state index contributed by atoms with van der Waals surface area (Å²) in [5.74, 6) is -0.368. The Morgan fingerprint density at radius 3 is 0.611 bits per heavy atom. The zero-order chi connectivity index (χ0) is 87.4. The molecule has 16 heteroatoms. The largest absolute Gasteiger partial charge is 0.497 e. The second kappa shape index (κ2) is 25.3. The Morgan fingerprint density at radius 2 is 0.381 bits per heavy atom. The Balaban J connectivity index is 1.10. The highest BCUT2D eigenvalue weighted by molar-refractivity contribution is 6.63. The number of fused-ring (bicyclic) bond motifs is 4. The molecule has 16 nitrogen and oxygen atoms in total. The van der Waals surface area contributed by atoms with Crippen molar-refractivity contribution in [2.45, 2.75) is 158 Å². The van der Waals surface area contributed by atoms with Gasteiger partial charge in [0.25, 0.3) is 44.5 Å². The van der Waals surface area contributed by atoms with Crippen molar-refractivity contribution in [3.05, 3.63) is 285 Å². The smallest absolute Gasteiger partial charge is 0.266 e. The maximum atomic E-state index is 18.4. The van der Waals surface area contributed by atoms with Gasteiger partial charge in [-0.05, 0) is 198 Å². The zero-order valence-corrected chi connectivity index (χ0v) is 73.4. The molecule has 0 aliphatic rings. The van der Waals surface area contributed by atoms with Crippen LogP contribution in [0.2, 0.25) is 0 Å². The van der Waals surface area contributed by atoms with Crippen LogP contribution in [0.5, 0.6) is 11.5 Å². The van der Waals surface area contributed by atoms with E-state index in [1.165, 1.54) is 18.3 Å². The van der Waals surface area contributed by atoms with Gasteiger partial charge in [-0.1, -0.05) is 184 Å². The molecular weight excluding hydrogens is 1570 g/mol. The summed E-state index contributed by atoms with van der Waals surface area (Å²) in [5, 5.41) is 13.2. The van der Waals surface area contributed by atoms with Crippen LogP contribution in [0.15, 0.2) is 196 Å². The van der Waals surface area contributed by atoms with Gasteiger partial charge in [-0.3, -0.25) is 38.4 Å². The third-order valence-electron chi connectivity index (χ3n) is 29.0. The van der Waals surface area contributed by atoms with Gasteiger partial charge >= 0.3 is 0 Å². The first-order chi connectivity index (χ1) is 60.5. The summed E-state index contributed by atoms with van der Waals surface area (Å²) in [5.41, 5.74) is 7.17. The van der Waals surface area contributed by atoms with E-state index in [0.717, 1.165) is 44.5 Å². The fourth-order valence-electron chi connectivity index (χ4n) is 23.7. The van der Waals surface area contributed by atoms with E-state index in [1.54, 1.807) is 14.2 Å². The topological polar surface area (TPSA) is 185 Å². The van der Waals surface area contributed by atoms with Gasteiger partial charge < -0.3 is 18.6 Å². The molecule has 0 spiro atoms. The maximum Gasteiger partial charge on any atom is 0.266 e. The van der Waals surface area contributed by atoms with Crippen molar-refractivity contribution < 1.29 is 9.47 Å². The lowest BCUT2D eigenvalue weighted by molar-refractivity contribution is 0.414. The number of rotatable bonds is 16. The first-order valence-electron chi connectivity index (χ1n) is 44.3. The molecule has 0 atom stereocenters. The molecule has 0 aliphatic heterocycles. The molecule has 126 heavy (non-hydrogen) atoms. The van der Waals surface area contributed by atoms with E-state index < -0.39 is 44.5 Å². The fourth-order valence-corrected chi connectivity index (χ4v) is 23.7. The zero-order valence-electron chi connectivity index (χ0n) is 73.4. The number of aromatic nitrogens is 6. The third-order valence-corrected chi connectivity index (χ3v) is 29.0. The number of para-hydroxylation sites is 4. The monoisotopic (exact) mass is 1650 g/mol. The summed E-state index contributed by atoms with van der Waals surface area (Å²) in [7, 11) is 3.23. The van der Waals surface area contributed by atoms with Crippen LogP contribution in [0.25, 0.3) is 218 Å². The van der Waals surface area contributed by atoms with Crippen LogP contribution in [-0.2, 0) is 0 Å². The van der Waals surface area contributed by atoms with E-state index in [1.807, 2.05) is 158 Å². The molecule has 6 aromatic heterocycles. The van der Waals surface area contributed by atoms with Crippen LogP contribution in [-0.4, -0.2) is 41.6 Å². The van der Waals surface area contributed by atoms with E-state index in [2.05, 4.69) is 120 Å². The van der Waals surface area contributed by atoms with Gasteiger partial charge in [-0.25, -0.2) is 18.3 Å². The molecule has 0 amide bonds. The quantitative estimate of drug-likeness (QED) is 0.0666. The van der Waals surface area contributed by atoms with Crippen LogP contribution >= 0.6 is 0 Å². The first kappa shape index (κ1) is 75.6. The lowest BCUT2D eigenvalue weighted by atomic mass is 9.73. The summed E-state index contributed by atoms with van der Waals surface area (Å²) in [6.45, 7) is 33.1. The van der Waals surface area contributed by atoms with Gasteiger partial charge in [0.15, 0.2) is 0 Å². The van der Waals surface area contributed by atoms with Crippen molar-refractivity contribution in [1.29, 1.82) is 0 Å². The molecule has 24 aromatic rings. The molecule has 24 rings (SSSR count). The predicted molar refractivity (Wildman–Crippen MR) is 519 cm³/mol. The minimum Gasteiger partial charge on any atom is -0.497 e. The van der Waals surface area contributed by atoms with Crippen molar-refractivity contribution in [3.63, 3.8) is 0 Å².